The van der Waals surface area contributed by atoms with Crippen LogP contribution in [0.3, 0.4) is 0 Å². The Morgan fingerprint density at radius 3 is 2.95 bits per heavy atom. The highest BCUT2D eigenvalue weighted by Crippen LogP contribution is 2.39. The van der Waals surface area contributed by atoms with Gasteiger partial charge in [-0.2, -0.15) is 5.10 Å². The van der Waals surface area contributed by atoms with Crippen molar-refractivity contribution in [1.29, 1.82) is 0 Å². The summed E-state index contributed by atoms with van der Waals surface area (Å²) in [6, 6.07) is 3.82. The first kappa shape index (κ1) is 14.4. The molecule has 2 fully saturated rings. The number of hydrogen-bond donors (Lipinski definition) is 1. The van der Waals surface area contributed by atoms with Crippen LogP contribution in [0.1, 0.15) is 24.8 Å². The van der Waals surface area contributed by atoms with E-state index < -0.39 is 6.17 Å². The van der Waals surface area contributed by atoms with Gasteiger partial charge in [0.15, 0.2) is 0 Å². The van der Waals surface area contributed by atoms with E-state index in [1.165, 1.54) is 0 Å². The number of aromatic amines is 1. The Labute approximate surface area is 133 Å². The van der Waals surface area contributed by atoms with E-state index in [0.29, 0.717) is 24.8 Å². The maximum absolute atomic E-state index is 14.8. The maximum atomic E-state index is 14.8. The zero-order valence-corrected chi connectivity index (χ0v) is 13.2. The van der Waals surface area contributed by atoms with Gasteiger partial charge in [0.25, 0.3) is 0 Å². The predicted molar refractivity (Wildman–Crippen MR) is 84.2 cm³/mol. The number of nitrogens with one attached hydrogen (secondary N) is 1. The van der Waals surface area contributed by atoms with Crippen molar-refractivity contribution in [3.8, 4) is 0 Å². The third-order valence-corrected chi connectivity index (χ3v) is 5.42. The quantitative estimate of drug-likeness (QED) is 0.923. The van der Waals surface area contributed by atoms with Crippen molar-refractivity contribution in [2.75, 3.05) is 26.3 Å². The minimum atomic E-state index is -0.913. The van der Waals surface area contributed by atoms with Gasteiger partial charge in [-0.15, -0.1) is 0 Å². The molecule has 1 unspecified atom stereocenters. The first-order valence-corrected chi connectivity index (χ1v) is 8.04. The van der Waals surface area contributed by atoms with Crippen molar-refractivity contribution in [2.24, 2.45) is 0 Å². The fourth-order valence-electron chi connectivity index (χ4n) is 3.59. The number of likely N-dealkylation sites (tertiary alicyclic amines) is 1. The second-order valence-corrected chi connectivity index (χ2v) is 7.09. The van der Waals surface area contributed by atoms with Crippen LogP contribution in [0.2, 0.25) is 5.02 Å². The molecule has 22 heavy (non-hydrogen) atoms. The van der Waals surface area contributed by atoms with E-state index in [0.717, 1.165) is 29.4 Å². The van der Waals surface area contributed by atoms with Crippen molar-refractivity contribution in [2.45, 2.75) is 31.0 Å². The maximum Gasteiger partial charge on any atom is 0.120 e. The lowest BCUT2D eigenvalue weighted by Gasteiger charge is -2.50. The largest absolute Gasteiger partial charge is 0.377 e. The molecule has 2 aliphatic rings. The van der Waals surface area contributed by atoms with E-state index in [-0.39, 0.29) is 11.5 Å². The molecule has 6 heteroatoms. The summed E-state index contributed by atoms with van der Waals surface area (Å²) in [5, 5.41) is 8.54. The van der Waals surface area contributed by atoms with Gasteiger partial charge in [0.05, 0.1) is 30.5 Å². The van der Waals surface area contributed by atoms with Crippen LogP contribution in [0.15, 0.2) is 18.3 Å². The van der Waals surface area contributed by atoms with E-state index in [1.807, 2.05) is 12.1 Å². The van der Waals surface area contributed by atoms with Crippen LogP contribution < -0.4 is 0 Å². The summed E-state index contributed by atoms with van der Waals surface area (Å²) in [6.45, 7) is 4.87. The molecular weight excluding hydrogens is 305 g/mol. The average molecular weight is 324 g/mol. The van der Waals surface area contributed by atoms with E-state index in [9.17, 15) is 4.39 Å². The fraction of sp³-hybridized carbons (Fsp3) is 0.562. The summed E-state index contributed by atoms with van der Waals surface area (Å²) in [7, 11) is 0. The van der Waals surface area contributed by atoms with Gasteiger partial charge < -0.3 is 4.74 Å². The molecule has 0 radical (unpaired) electrons. The Morgan fingerprint density at radius 1 is 1.45 bits per heavy atom. The molecule has 1 aromatic heterocycles. The summed E-state index contributed by atoms with van der Waals surface area (Å²) >= 11 is 6.38. The third kappa shape index (κ3) is 2.23. The van der Waals surface area contributed by atoms with E-state index in [1.54, 1.807) is 6.20 Å². The molecule has 2 aromatic rings. The van der Waals surface area contributed by atoms with Crippen molar-refractivity contribution >= 4 is 22.5 Å². The molecule has 1 aromatic carbocycles. The highest BCUT2D eigenvalue weighted by Gasteiger charge is 2.44. The van der Waals surface area contributed by atoms with Crippen molar-refractivity contribution < 1.29 is 9.13 Å². The highest BCUT2D eigenvalue weighted by atomic mass is 35.5. The average Bonchev–Trinajstić information content (AvgIpc) is 2.91. The standard InChI is InChI=1S/C16H19ClFN3O/c1-16(8-22-9-16)21-3-2-11(14(18)7-21)12-5-15-10(4-13(12)17)6-19-20-15/h4-6,11,14H,2-3,7-9H2,1H3,(H,19,20)/t11?,14-/m1/s1. The van der Waals surface area contributed by atoms with Gasteiger partial charge in [-0.05, 0) is 37.6 Å². The third-order valence-electron chi connectivity index (χ3n) is 5.09. The summed E-state index contributed by atoms with van der Waals surface area (Å²) in [5.41, 5.74) is 1.81. The first-order valence-electron chi connectivity index (χ1n) is 7.66. The molecule has 0 bridgehead atoms. The number of rotatable bonds is 2. The van der Waals surface area contributed by atoms with Crippen LogP contribution in [0.25, 0.3) is 10.9 Å². The Morgan fingerprint density at radius 2 is 2.27 bits per heavy atom. The van der Waals surface area contributed by atoms with Crippen LogP contribution in [-0.2, 0) is 4.74 Å². The molecule has 2 aliphatic heterocycles. The second-order valence-electron chi connectivity index (χ2n) is 6.68. The number of alkyl halides is 1. The van der Waals surface area contributed by atoms with Gasteiger partial charge in [-0.3, -0.25) is 10.00 Å². The van der Waals surface area contributed by atoms with Gasteiger partial charge in [-0.25, -0.2) is 4.39 Å². The fourth-order valence-corrected chi connectivity index (χ4v) is 3.90. The lowest BCUT2D eigenvalue weighted by atomic mass is 9.84. The van der Waals surface area contributed by atoms with Crippen LogP contribution >= 0.6 is 11.6 Å². The number of H-pyrrole nitrogens is 1. The molecule has 2 atom stereocenters. The normalized spacial score (nSPS) is 28.7. The van der Waals surface area contributed by atoms with E-state index in [2.05, 4.69) is 22.0 Å². The Kier molecular flexibility index (Phi) is 3.40. The summed E-state index contributed by atoms with van der Waals surface area (Å²) in [6.07, 6.45) is 1.60. The molecule has 0 aliphatic carbocycles. The molecule has 4 rings (SSSR count). The van der Waals surface area contributed by atoms with Gasteiger partial charge in [-0.1, -0.05) is 11.6 Å². The number of piperidine rings is 1. The van der Waals surface area contributed by atoms with Crippen LogP contribution in [0, 0.1) is 0 Å². The molecule has 1 N–H and O–H groups in total. The summed E-state index contributed by atoms with van der Waals surface area (Å²) in [4.78, 5) is 2.22. The Bertz CT molecular complexity index is 700. The zero-order chi connectivity index (χ0) is 15.3. The molecule has 0 spiro atoms. The number of fused-ring (bicyclic) bond motifs is 1. The number of benzene rings is 1. The molecule has 2 saturated heterocycles. The zero-order valence-electron chi connectivity index (χ0n) is 12.5. The van der Waals surface area contributed by atoms with Gasteiger partial charge >= 0.3 is 0 Å². The first-order chi connectivity index (χ1) is 10.6. The van der Waals surface area contributed by atoms with Crippen molar-refractivity contribution in [3.63, 3.8) is 0 Å². The van der Waals surface area contributed by atoms with Gasteiger partial charge in [0.1, 0.15) is 6.17 Å². The number of ether oxygens (including phenoxy) is 1. The minimum Gasteiger partial charge on any atom is -0.377 e. The molecule has 0 saturated carbocycles. The summed E-state index contributed by atoms with van der Waals surface area (Å²) in [5.74, 6) is -0.152. The lowest BCUT2D eigenvalue weighted by Crippen LogP contribution is -2.63. The molecule has 118 valence electrons. The van der Waals surface area contributed by atoms with E-state index in [4.69, 9.17) is 16.3 Å². The number of hydrogen-bond acceptors (Lipinski definition) is 3. The minimum absolute atomic E-state index is 0.00638. The number of aromatic nitrogens is 2. The summed E-state index contributed by atoms with van der Waals surface area (Å²) < 4.78 is 20.1. The van der Waals surface area contributed by atoms with Gasteiger partial charge in [0, 0.05) is 22.9 Å². The van der Waals surface area contributed by atoms with Crippen LogP contribution in [-0.4, -0.2) is 53.1 Å². The monoisotopic (exact) mass is 323 g/mol. The van der Waals surface area contributed by atoms with Gasteiger partial charge in [0.2, 0.25) is 0 Å². The highest BCUT2D eigenvalue weighted by molar-refractivity contribution is 6.32. The van der Waals surface area contributed by atoms with Crippen LogP contribution in [0.5, 0.6) is 0 Å². The van der Waals surface area contributed by atoms with Crippen molar-refractivity contribution in [3.05, 3.63) is 28.9 Å². The number of nitrogens with zero attached hydrogens (tertiary/aromatic N) is 2. The topological polar surface area (TPSA) is 41.2 Å². The lowest BCUT2D eigenvalue weighted by molar-refractivity contribution is -0.143. The molecule has 4 nitrogen and oxygen atoms in total. The Hall–Kier alpha value is -1.17. The van der Waals surface area contributed by atoms with Crippen molar-refractivity contribution in [1.82, 2.24) is 15.1 Å². The molecule has 0 amide bonds. The molecule has 3 heterocycles. The molecular formula is C16H19ClFN3O. The SMILES string of the molecule is CC1(N2CCC(c3cc4[nH]ncc4cc3Cl)[C@H](F)C2)COC1. The predicted octanol–water partition coefficient (Wildman–Crippen LogP) is 3.13. The Balaban J connectivity index is 1.58. The second kappa shape index (κ2) is 5.18. The van der Waals surface area contributed by atoms with E-state index >= 15 is 0 Å². The van der Waals surface area contributed by atoms with Crippen LogP contribution in [0.4, 0.5) is 4.39 Å². The number of halogens is 2. The smallest absolute Gasteiger partial charge is 0.120 e.